The molecule has 1 nitrogen and oxygen atoms in total. The standard InChI is InChI=1S/C15H32O/c1-7-9-10-13(8-2)11-14(16)12(3)15(4,5)6/h12-14,16H,7-11H2,1-6H3. The van der Waals surface area contributed by atoms with Crippen LogP contribution in [-0.2, 0) is 0 Å². The molecule has 0 aromatic rings. The number of hydrogen-bond acceptors (Lipinski definition) is 1. The first kappa shape index (κ1) is 16.0. The Kier molecular flexibility index (Phi) is 7.30. The molecule has 0 aromatic carbocycles. The maximum absolute atomic E-state index is 10.3. The molecule has 0 amide bonds. The lowest BCUT2D eigenvalue weighted by atomic mass is 9.76. The zero-order chi connectivity index (χ0) is 12.8. The van der Waals surface area contributed by atoms with Crippen molar-refractivity contribution in [3.8, 4) is 0 Å². The van der Waals surface area contributed by atoms with Gasteiger partial charge >= 0.3 is 0 Å². The minimum absolute atomic E-state index is 0.137. The normalized spacial score (nSPS) is 18.2. The lowest BCUT2D eigenvalue weighted by Gasteiger charge is -2.33. The molecular weight excluding hydrogens is 196 g/mol. The Balaban J connectivity index is 4.13. The Morgan fingerprint density at radius 2 is 1.69 bits per heavy atom. The summed E-state index contributed by atoms with van der Waals surface area (Å²) in [4.78, 5) is 0. The lowest BCUT2D eigenvalue weighted by molar-refractivity contribution is 0.0336. The summed E-state index contributed by atoms with van der Waals surface area (Å²) in [5.74, 6) is 1.09. The van der Waals surface area contributed by atoms with E-state index in [1.807, 2.05) is 0 Å². The molecule has 0 aromatic heterocycles. The van der Waals surface area contributed by atoms with E-state index in [1.165, 1.54) is 25.7 Å². The van der Waals surface area contributed by atoms with Crippen molar-refractivity contribution in [1.29, 1.82) is 0 Å². The first-order valence-electron chi connectivity index (χ1n) is 7.00. The van der Waals surface area contributed by atoms with Crippen molar-refractivity contribution in [2.45, 2.75) is 79.8 Å². The number of aliphatic hydroxyl groups excluding tert-OH is 1. The van der Waals surface area contributed by atoms with E-state index < -0.39 is 0 Å². The quantitative estimate of drug-likeness (QED) is 0.673. The van der Waals surface area contributed by atoms with Crippen molar-refractivity contribution in [1.82, 2.24) is 0 Å². The average molecular weight is 228 g/mol. The monoisotopic (exact) mass is 228 g/mol. The number of hydrogen-bond donors (Lipinski definition) is 1. The van der Waals surface area contributed by atoms with Gasteiger partial charge in [-0.05, 0) is 23.7 Å². The summed E-state index contributed by atoms with van der Waals surface area (Å²) in [5, 5.41) is 10.3. The molecule has 0 bridgehead atoms. The van der Waals surface area contributed by atoms with E-state index in [4.69, 9.17) is 0 Å². The molecule has 1 heteroatoms. The molecule has 0 radical (unpaired) electrons. The van der Waals surface area contributed by atoms with Crippen molar-refractivity contribution in [3.05, 3.63) is 0 Å². The van der Waals surface area contributed by atoms with Crippen molar-refractivity contribution in [3.63, 3.8) is 0 Å². The van der Waals surface area contributed by atoms with E-state index in [2.05, 4.69) is 41.5 Å². The van der Waals surface area contributed by atoms with Gasteiger partial charge in [0.15, 0.2) is 0 Å². The van der Waals surface area contributed by atoms with Crippen LogP contribution in [0.4, 0.5) is 0 Å². The van der Waals surface area contributed by atoms with Crippen LogP contribution in [0, 0.1) is 17.3 Å². The van der Waals surface area contributed by atoms with Gasteiger partial charge in [-0.15, -0.1) is 0 Å². The van der Waals surface area contributed by atoms with Crippen molar-refractivity contribution in [2.75, 3.05) is 0 Å². The SMILES string of the molecule is CCCCC(CC)CC(O)C(C)C(C)(C)C. The van der Waals surface area contributed by atoms with Gasteiger partial charge in [0.25, 0.3) is 0 Å². The van der Waals surface area contributed by atoms with Crippen LogP contribution in [0.5, 0.6) is 0 Å². The van der Waals surface area contributed by atoms with E-state index in [-0.39, 0.29) is 11.5 Å². The Morgan fingerprint density at radius 1 is 1.12 bits per heavy atom. The van der Waals surface area contributed by atoms with Gasteiger partial charge < -0.3 is 5.11 Å². The molecule has 16 heavy (non-hydrogen) atoms. The van der Waals surface area contributed by atoms with Crippen LogP contribution >= 0.6 is 0 Å². The molecule has 0 fully saturated rings. The highest BCUT2D eigenvalue weighted by Gasteiger charge is 2.28. The molecule has 0 rings (SSSR count). The predicted octanol–water partition coefficient (Wildman–Crippen LogP) is 4.64. The average Bonchev–Trinajstić information content (AvgIpc) is 2.21. The first-order valence-corrected chi connectivity index (χ1v) is 7.00. The number of aliphatic hydroxyl groups is 1. The molecule has 1 N–H and O–H groups in total. The molecule has 0 saturated heterocycles. The number of rotatable bonds is 7. The Labute approximate surface area is 103 Å². The van der Waals surface area contributed by atoms with Crippen LogP contribution in [-0.4, -0.2) is 11.2 Å². The maximum atomic E-state index is 10.3. The molecule has 3 unspecified atom stereocenters. The van der Waals surface area contributed by atoms with E-state index >= 15 is 0 Å². The summed E-state index contributed by atoms with van der Waals surface area (Å²) in [5.41, 5.74) is 0.211. The summed E-state index contributed by atoms with van der Waals surface area (Å²) in [6, 6.07) is 0. The summed E-state index contributed by atoms with van der Waals surface area (Å²) < 4.78 is 0. The second-order valence-electron chi connectivity index (χ2n) is 6.37. The van der Waals surface area contributed by atoms with Crippen molar-refractivity contribution in [2.24, 2.45) is 17.3 Å². The van der Waals surface area contributed by atoms with E-state index in [0.29, 0.717) is 11.8 Å². The molecule has 0 spiro atoms. The second-order valence-corrected chi connectivity index (χ2v) is 6.37. The Morgan fingerprint density at radius 3 is 2.06 bits per heavy atom. The highest BCUT2D eigenvalue weighted by Crippen LogP contribution is 2.32. The molecular formula is C15H32O. The third-order valence-electron chi connectivity index (χ3n) is 4.06. The molecule has 0 heterocycles. The van der Waals surface area contributed by atoms with Crippen LogP contribution in [0.25, 0.3) is 0 Å². The minimum atomic E-state index is -0.137. The fraction of sp³-hybridized carbons (Fsp3) is 1.00. The van der Waals surface area contributed by atoms with Gasteiger partial charge in [0.2, 0.25) is 0 Å². The third-order valence-corrected chi connectivity index (χ3v) is 4.06. The summed E-state index contributed by atoms with van der Waals surface area (Å²) >= 11 is 0. The van der Waals surface area contributed by atoms with Crippen molar-refractivity contribution < 1.29 is 5.11 Å². The lowest BCUT2D eigenvalue weighted by Crippen LogP contribution is -2.31. The largest absolute Gasteiger partial charge is 0.393 e. The fourth-order valence-electron chi connectivity index (χ4n) is 2.10. The van der Waals surface area contributed by atoms with Gasteiger partial charge in [0.1, 0.15) is 0 Å². The molecule has 0 aliphatic carbocycles. The molecule has 0 aliphatic heterocycles. The van der Waals surface area contributed by atoms with E-state index in [9.17, 15) is 5.11 Å². The van der Waals surface area contributed by atoms with Gasteiger partial charge in [-0.25, -0.2) is 0 Å². The summed E-state index contributed by atoms with van der Waals surface area (Å²) in [7, 11) is 0. The van der Waals surface area contributed by atoms with E-state index in [0.717, 1.165) is 6.42 Å². The molecule has 98 valence electrons. The predicted molar refractivity (Wildman–Crippen MR) is 72.5 cm³/mol. The van der Waals surface area contributed by atoms with Crippen LogP contribution in [0.15, 0.2) is 0 Å². The third kappa shape index (κ3) is 5.89. The highest BCUT2D eigenvalue weighted by atomic mass is 16.3. The van der Waals surface area contributed by atoms with Gasteiger partial charge in [-0.2, -0.15) is 0 Å². The van der Waals surface area contributed by atoms with Crippen LogP contribution in [0.2, 0.25) is 0 Å². The van der Waals surface area contributed by atoms with Crippen molar-refractivity contribution >= 4 is 0 Å². The Bertz CT molecular complexity index is 169. The zero-order valence-electron chi connectivity index (χ0n) is 12.2. The smallest absolute Gasteiger partial charge is 0.0573 e. The van der Waals surface area contributed by atoms with Gasteiger partial charge in [-0.1, -0.05) is 67.2 Å². The molecule has 0 saturated carbocycles. The number of unbranched alkanes of at least 4 members (excludes halogenated alkanes) is 1. The van der Waals surface area contributed by atoms with Gasteiger partial charge in [0, 0.05) is 0 Å². The fourth-order valence-corrected chi connectivity index (χ4v) is 2.10. The topological polar surface area (TPSA) is 20.2 Å². The summed E-state index contributed by atoms with van der Waals surface area (Å²) in [6.07, 6.45) is 5.89. The maximum Gasteiger partial charge on any atom is 0.0573 e. The second kappa shape index (κ2) is 7.32. The minimum Gasteiger partial charge on any atom is -0.393 e. The van der Waals surface area contributed by atoms with Gasteiger partial charge in [-0.3, -0.25) is 0 Å². The van der Waals surface area contributed by atoms with Crippen LogP contribution in [0.1, 0.15) is 73.6 Å². The highest BCUT2D eigenvalue weighted by molar-refractivity contribution is 4.78. The first-order chi connectivity index (χ1) is 7.32. The Hall–Kier alpha value is -0.0400. The summed E-state index contributed by atoms with van der Waals surface area (Å²) in [6.45, 7) is 13.3. The van der Waals surface area contributed by atoms with Crippen LogP contribution < -0.4 is 0 Å². The van der Waals surface area contributed by atoms with E-state index in [1.54, 1.807) is 0 Å². The molecule has 3 atom stereocenters. The zero-order valence-corrected chi connectivity index (χ0v) is 12.2. The molecule has 0 aliphatic rings. The van der Waals surface area contributed by atoms with Gasteiger partial charge in [0.05, 0.1) is 6.10 Å². The van der Waals surface area contributed by atoms with Crippen LogP contribution in [0.3, 0.4) is 0 Å².